The number of aromatic hydroxyl groups is 1. The van der Waals surface area contributed by atoms with Gasteiger partial charge in [-0.3, -0.25) is 14.5 Å². The number of para-hydroxylation sites is 1. The fourth-order valence-electron chi connectivity index (χ4n) is 7.73. The first-order valence-corrected chi connectivity index (χ1v) is 18.2. The number of phenolic OH excluding ortho intramolecular Hbond substituents is 1. The van der Waals surface area contributed by atoms with E-state index in [0.717, 1.165) is 56.4 Å². The van der Waals surface area contributed by atoms with Gasteiger partial charge in [-0.2, -0.15) is 0 Å². The number of carbonyl (C=O) groups is 2. The molecule has 1 aliphatic heterocycles. The molecule has 2 aliphatic rings. The number of anilines is 1. The number of phenols is 1. The highest BCUT2D eigenvalue weighted by molar-refractivity contribution is 5.93. The lowest BCUT2D eigenvalue weighted by molar-refractivity contribution is -0.121. The van der Waals surface area contributed by atoms with Crippen molar-refractivity contribution in [1.82, 2.24) is 20.5 Å². The number of benzene rings is 3. The molecule has 11 heteroatoms. The number of nitrogens with one attached hydrogen (secondary N) is 3. The largest absolute Gasteiger partial charge is 0.506 e. The van der Waals surface area contributed by atoms with Crippen LogP contribution in [0, 0.1) is 11.8 Å². The van der Waals surface area contributed by atoms with Crippen LogP contribution in [0.15, 0.2) is 83.7 Å². The third-order valence-electron chi connectivity index (χ3n) is 10.6. The minimum Gasteiger partial charge on any atom is -0.506 e. The smallest absolute Gasteiger partial charge is 0.412 e. The zero-order chi connectivity index (χ0) is 35.7. The molecule has 51 heavy (non-hydrogen) atoms. The van der Waals surface area contributed by atoms with Crippen molar-refractivity contribution in [3.8, 4) is 16.9 Å². The van der Waals surface area contributed by atoms with E-state index in [1.807, 2.05) is 54.6 Å². The number of amides is 2. The lowest BCUT2D eigenvalue weighted by Gasteiger charge is -2.37. The quantitative estimate of drug-likeness (QED) is 0.107. The van der Waals surface area contributed by atoms with Crippen molar-refractivity contribution in [2.24, 2.45) is 11.8 Å². The summed E-state index contributed by atoms with van der Waals surface area (Å²) in [6, 6.07) is 23.6. The van der Waals surface area contributed by atoms with Gasteiger partial charge in [0.15, 0.2) is 0 Å². The van der Waals surface area contributed by atoms with Crippen LogP contribution in [0.4, 0.5) is 10.5 Å². The number of carboxylic acid groups (broad SMARTS) is 1. The van der Waals surface area contributed by atoms with E-state index in [2.05, 4.69) is 20.5 Å². The van der Waals surface area contributed by atoms with E-state index >= 15 is 0 Å². The van der Waals surface area contributed by atoms with E-state index < -0.39 is 12.2 Å². The summed E-state index contributed by atoms with van der Waals surface area (Å²) >= 11 is 0. The summed E-state index contributed by atoms with van der Waals surface area (Å²) in [6.45, 7) is 4.00. The van der Waals surface area contributed by atoms with Crippen LogP contribution in [0.3, 0.4) is 0 Å². The predicted molar refractivity (Wildman–Crippen MR) is 199 cm³/mol. The first kappa shape index (κ1) is 36.1. The molecule has 1 aromatic heterocycles. The molecule has 4 aromatic rings. The van der Waals surface area contributed by atoms with Crippen molar-refractivity contribution in [2.45, 2.75) is 57.1 Å². The summed E-state index contributed by atoms with van der Waals surface area (Å²) in [4.78, 5) is 43.4. The number of hydrogen-bond acceptors (Lipinski definition) is 7. The minimum absolute atomic E-state index is 0.0247. The van der Waals surface area contributed by atoms with Gasteiger partial charge in [-0.1, -0.05) is 54.6 Å². The molecule has 6 rings (SSSR count). The van der Waals surface area contributed by atoms with Crippen LogP contribution in [0.2, 0.25) is 0 Å². The number of rotatable bonds is 13. The highest BCUT2D eigenvalue weighted by atomic mass is 16.4. The van der Waals surface area contributed by atoms with E-state index in [9.17, 15) is 29.7 Å². The Morgan fingerprint density at radius 3 is 2.27 bits per heavy atom. The molecule has 11 nitrogen and oxygen atoms in total. The minimum atomic E-state index is -0.944. The van der Waals surface area contributed by atoms with Gasteiger partial charge in [0.25, 0.3) is 0 Å². The second kappa shape index (κ2) is 17.0. The van der Waals surface area contributed by atoms with Gasteiger partial charge < -0.3 is 35.8 Å². The number of nitrogens with zero attached hydrogens (tertiary/aromatic N) is 2. The van der Waals surface area contributed by atoms with E-state index in [1.54, 1.807) is 12.1 Å². The summed E-state index contributed by atoms with van der Waals surface area (Å²) in [7, 11) is 0. The standard InChI is InChI=1S/C40H49N5O6/c46-35-16-14-32(33-15-17-38(49)43-39(33)35)36(47)26-41-24-27-10-12-28(13-11-27)25-42-37(48)20-23-44-21-18-30(19-22-44)45(40(50)51)34-9-5-4-8-31(34)29-6-2-1-3-7-29/h1-9,14-17,27-28,30,36,41,46-47H,10-13,18-26H2,(H,42,48)(H,43,49)(H,50,51)/t27?,28?,36-/m0/s1. The molecule has 1 atom stereocenters. The number of aromatic nitrogens is 1. The second-order valence-electron chi connectivity index (χ2n) is 14.0. The van der Waals surface area contributed by atoms with E-state index in [1.165, 1.54) is 17.0 Å². The Morgan fingerprint density at radius 1 is 0.863 bits per heavy atom. The molecule has 0 radical (unpaired) electrons. The van der Waals surface area contributed by atoms with Crippen molar-refractivity contribution in [2.75, 3.05) is 44.2 Å². The fraction of sp³-hybridized carbons (Fsp3) is 0.425. The molecular weight excluding hydrogens is 646 g/mol. The number of fused-ring (bicyclic) bond motifs is 1. The third-order valence-corrected chi connectivity index (χ3v) is 10.6. The van der Waals surface area contributed by atoms with Crippen LogP contribution in [-0.2, 0) is 4.79 Å². The predicted octanol–water partition coefficient (Wildman–Crippen LogP) is 5.49. The molecule has 1 aliphatic carbocycles. The number of aliphatic hydroxyl groups is 1. The molecule has 2 amide bonds. The van der Waals surface area contributed by atoms with Crippen molar-refractivity contribution >= 4 is 28.6 Å². The molecule has 2 heterocycles. The van der Waals surface area contributed by atoms with Gasteiger partial charge in [0.1, 0.15) is 5.75 Å². The van der Waals surface area contributed by atoms with Gasteiger partial charge in [0, 0.05) is 62.2 Å². The number of piperidine rings is 1. The summed E-state index contributed by atoms with van der Waals surface area (Å²) < 4.78 is 0. The van der Waals surface area contributed by atoms with Gasteiger partial charge >= 0.3 is 6.09 Å². The first-order valence-electron chi connectivity index (χ1n) is 18.2. The van der Waals surface area contributed by atoms with Crippen molar-refractivity contribution in [3.63, 3.8) is 0 Å². The van der Waals surface area contributed by atoms with Gasteiger partial charge in [-0.25, -0.2) is 4.79 Å². The molecule has 270 valence electrons. The van der Waals surface area contributed by atoms with Crippen molar-refractivity contribution in [3.05, 3.63) is 94.8 Å². The van der Waals surface area contributed by atoms with E-state index in [4.69, 9.17) is 0 Å². The lowest BCUT2D eigenvalue weighted by atomic mass is 9.82. The number of likely N-dealkylation sites (tertiary alicyclic amines) is 1. The highest BCUT2D eigenvalue weighted by Gasteiger charge is 2.31. The van der Waals surface area contributed by atoms with E-state index in [0.29, 0.717) is 72.9 Å². The number of aromatic amines is 1. The van der Waals surface area contributed by atoms with Crippen LogP contribution in [0.1, 0.15) is 56.6 Å². The molecular formula is C40H49N5O6. The van der Waals surface area contributed by atoms with Crippen LogP contribution < -0.4 is 21.1 Å². The number of H-pyrrole nitrogens is 1. The highest BCUT2D eigenvalue weighted by Crippen LogP contribution is 2.34. The molecule has 1 saturated heterocycles. The molecule has 0 spiro atoms. The summed E-state index contributed by atoms with van der Waals surface area (Å²) in [5, 5.41) is 38.4. The first-order chi connectivity index (χ1) is 24.8. The molecule has 1 saturated carbocycles. The zero-order valence-electron chi connectivity index (χ0n) is 29.0. The Balaban J connectivity index is 0.877. The van der Waals surface area contributed by atoms with Gasteiger partial charge in [0.2, 0.25) is 11.5 Å². The molecule has 6 N–H and O–H groups in total. The van der Waals surface area contributed by atoms with Crippen LogP contribution in [0.25, 0.3) is 22.0 Å². The molecule has 3 aromatic carbocycles. The zero-order valence-corrected chi connectivity index (χ0v) is 29.0. The Labute approximate surface area is 298 Å². The van der Waals surface area contributed by atoms with Crippen molar-refractivity contribution < 1.29 is 24.9 Å². The number of hydrogen-bond donors (Lipinski definition) is 6. The second-order valence-corrected chi connectivity index (χ2v) is 14.0. The number of aliphatic hydroxyl groups excluding tert-OH is 1. The fourth-order valence-corrected chi connectivity index (χ4v) is 7.73. The lowest BCUT2D eigenvalue weighted by Crippen LogP contribution is -2.48. The Kier molecular flexibility index (Phi) is 12.0. The Hall–Kier alpha value is -4.71. The maximum absolute atomic E-state index is 12.8. The summed E-state index contributed by atoms with van der Waals surface area (Å²) in [6.07, 6.45) is 4.35. The maximum atomic E-state index is 12.8. The normalized spacial score (nSPS) is 19.1. The van der Waals surface area contributed by atoms with Gasteiger partial charge in [-0.05, 0) is 86.2 Å². The Bertz CT molecular complexity index is 1830. The molecule has 0 unspecified atom stereocenters. The molecule has 2 fully saturated rings. The summed E-state index contributed by atoms with van der Waals surface area (Å²) in [5.41, 5.74) is 3.28. The topological polar surface area (TPSA) is 158 Å². The van der Waals surface area contributed by atoms with Crippen LogP contribution in [0.5, 0.6) is 5.75 Å². The maximum Gasteiger partial charge on any atom is 0.412 e. The molecule has 0 bridgehead atoms. The van der Waals surface area contributed by atoms with E-state index in [-0.39, 0.29) is 23.3 Å². The summed E-state index contributed by atoms with van der Waals surface area (Å²) in [5.74, 6) is 0.995. The number of pyridine rings is 1. The SMILES string of the molecule is O=C(CCN1CCC(N(C(=O)O)c2ccccc2-c2ccccc2)CC1)NCC1CCC(CNC[C@H](O)c2ccc(O)c3[nH]c(=O)ccc23)CC1. The third kappa shape index (κ3) is 9.15. The Morgan fingerprint density at radius 2 is 1.55 bits per heavy atom. The monoisotopic (exact) mass is 695 g/mol. The van der Waals surface area contributed by atoms with Gasteiger partial charge in [-0.15, -0.1) is 0 Å². The van der Waals surface area contributed by atoms with Crippen molar-refractivity contribution in [1.29, 1.82) is 0 Å². The number of carbonyl (C=O) groups excluding carboxylic acids is 1. The average Bonchev–Trinajstić information content (AvgIpc) is 3.15. The van der Waals surface area contributed by atoms with Crippen LogP contribution in [-0.4, -0.2) is 82.5 Å². The average molecular weight is 696 g/mol. The van der Waals surface area contributed by atoms with Crippen LogP contribution >= 0.6 is 0 Å². The van der Waals surface area contributed by atoms with Gasteiger partial charge in [0.05, 0.1) is 17.3 Å².